The molecule has 4 heterocycles. The Balaban J connectivity index is 1.51. The van der Waals surface area contributed by atoms with E-state index in [1.54, 1.807) is 17.2 Å². The number of carbonyl (C=O) groups is 1. The molecular weight excluding hydrogens is 357 g/mol. The lowest BCUT2D eigenvalue weighted by Gasteiger charge is -2.27. The average Bonchev–Trinajstić information content (AvgIpc) is 3.30. The van der Waals surface area contributed by atoms with Gasteiger partial charge in [0.05, 0.1) is 17.6 Å². The number of hydrogen-bond acceptors (Lipinski definition) is 3. The summed E-state index contributed by atoms with van der Waals surface area (Å²) in [6, 6.07) is 10.1. The van der Waals surface area contributed by atoms with E-state index in [1.807, 2.05) is 35.7 Å². The lowest BCUT2D eigenvalue weighted by molar-refractivity contribution is 0.0733. The highest BCUT2D eigenvalue weighted by Gasteiger charge is 2.25. The minimum atomic E-state index is -0.441. The molecule has 140 valence electrons. The van der Waals surface area contributed by atoms with Crippen LogP contribution < -0.4 is 0 Å². The van der Waals surface area contributed by atoms with E-state index < -0.39 is 5.82 Å². The molecule has 3 aromatic heterocycles. The second-order valence-corrected chi connectivity index (χ2v) is 7.05. The molecule has 0 spiro atoms. The van der Waals surface area contributed by atoms with Crippen LogP contribution in [0.25, 0.3) is 16.9 Å². The molecule has 4 aromatic rings. The van der Waals surface area contributed by atoms with Crippen LogP contribution in [-0.4, -0.2) is 36.9 Å². The molecule has 0 saturated carbocycles. The highest BCUT2D eigenvalue weighted by atomic mass is 19.1. The zero-order valence-corrected chi connectivity index (χ0v) is 15.3. The molecule has 0 unspecified atom stereocenters. The van der Waals surface area contributed by atoms with E-state index in [2.05, 4.69) is 15.2 Å². The van der Waals surface area contributed by atoms with Crippen LogP contribution in [0.15, 0.2) is 48.8 Å². The van der Waals surface area contributed by atoms with Crippen molar-refractivity contribution in [3.63, 3.8) is 0 Å². The van der Waals surface area contributed by atoms with Crippen molar-refractivity contribution in [1.82, 2.24) is 24.5 Å². The van der Waals surface area contributed by atoms with Gasteiger partial charge in [-0.25, -0.2) is 9.37 Å². The number of aryl methyl sites for hydroxylation is 1. The Morgan fingerprint density at radius 3 is 3.04 bits per heavy atom. The Kier molecular flexibility index (Phi) is 3.75. The smallest absolute Gasteiger partial charge is 0.254 e. The summed E-state index contributed by atoms with van der Waals surface area (Å²) >= 11 is 0. The maximum absolute atomic E-state index is 14.4. The number of aromatic nitrogens is 4. The van der Waals surface area contributed by atoms with E-state index in [9.17, 15) is 9.18 Å². The second kappa shape index (κ2) is 6.30. The molecule has 6 nitrogen and oxygen atoms in total. The number of halogens is 1. The van der Waals surface area contributed by atoms with Crippen LogP contribution >= 0.6 is 0 Å². The van der Waals surface area contributed by atoms with Gasteiger partial charge in [0, 0.05) is 48.1 Å². The molecule has 7 heteroatoms. The molecule has 0 fully saturated rings. The van der Waals surface area contributed by atoms with Crippen molar-refractivity contribution in [3.05, 3.63) is 77.1 Å². The van der Waals surface area contributed by atoms with Crippen molar-refractivity contribution in [3.8, 4) is 11.3 Å². The number of fused-ring (bicyclic) bond motifs is 2. The molecule has 28 heavy (non-hydrogen) atoms. The van der Waals surface area contributed by atoms with E-state index >= 15 is 0 Å². The van der Waals surface area contributed by atoms with Crippen LogP contribution in [0.5, 0.6) is 0 Å². The Bertz CT molecular complexity index is 1210. The Labute approximate surface area is 160 Å². The van der Waals surface area contributed by atoms with E-state index in [0.717, 1.165) is 28.3 Å². The molecule has 0 radical (unpaired) electrons. The van der Waals surface area contributed by atoms with Crippen LogP contribution in [0.4, 0.5) is 4.39 Å². The van der Waals surface area contributed by atoms with Gasteiger partial charge in [-0.3, -0.25) is 14.3 Å². The Hall–Kier alpha value is -3.48. The third-order valence-corrected chi connectivity index (χ3v) is 5.27. The molecule has 1 N–H and O–H groups in total. The fraction of sp³-hybridized carbons (Fsp3) is 0.190. The van der Waals surface area contributed by atoms with Crippen molar-refractivity contribution in [2.75, 3.05) is 6.54 Å². The zero-order chi connectivity index (χ0) is 19.3. The first-order valence-corrected chi connectivity index (χ1v) is 9.15. The van der Waals surface area contributed by atoms with Crippen LogP contribution in [-0.2, 0) is 13.0 Å². The first-order chi connectivity index (χ1) is 13.6. The zero-order valence-electron chi connectivity index (χ0n) is 15.3. The quantitative estimate of drug-likeness (QED) is 0.584. The van der Waals surface area contributed by atoms with Gasteiger partial charge in [0.25, 0.3) is 5.91 Å². The molecule has 1 aliphatic rings. The molecule has 1 aliphatic heterocycles. The minimum absolute atomic E-state index is 0.180. The highest BCUT2D eigenvalue weighted by Crippen LogP contribution is 2.26. The molecule has 1 amide bonds. The summed E-state index contributed by atoms with van der Waals surface area (Å²) in [5.41, 5.74) is 5.51. The van der Waals surface area contributed by atoms with Crippen LogP contribution in [0.1, 0.15) is 27.3 Å². The fourth-order valence-corrected chi connectivity index (χ4v) is 3.79. The number of hydrogen-bond donors (Lipinski definition) is 1. The summed E-state index contributed by atoms with van der Waals surface area (Å²) in [6.45, 7) is 3.00. The van der Waals surface area contributed by atoms with Crippen molar-refractivity contribution >= 4 is 11.6 Å². The maximum atomic E-state index is 14.4. The van der Waals surface area contributed by atoms with Gasteiger partial charge in [0.15, 0.2) is 0 Å². The van der Waals surface area contributed by atoms with Crippen molar-refractivity contribution in [2.24, 2.45) is 0 Å². The topological polar surface area (TPSA) is 66.3 Å². The largest absolute Gasteiger partial charge is 0.334 e. The summed E-state index contributed by atoms with van der Waals surface area (Å²) in [5.74, 6) is -0.621. The van der Waals surface area contributed by atoms with Crippen molar-refractivity contribution in [2.45, 2.75) is 19.9 Å². The number of benzene rings is 1. The molecule has 1 aromatic carbocycles. The van der Waals surface area contributed by atoms with Crippen LogP contribution in [0.3, 0.4) is 0 Å². The van der Waals surface area contributed by atoms with Crippen LogP contribution in [0.2, 0.25) is 0 Å². The second-order valence-electron chi connectivity index (χ2n) is 7.05. The lowest BCUT2D eigenvalue weighted by Crippen LogP contribution is -2.36. The third kappa shape index (κ3) is 2.67. The highest BCUT2D eigenvalue weighted by molar-refractivity contribution is 5.95. The van der Waals surface area contributed by atoms with Gasteiger partial charge >= 0.3 is 0 Å². The van der Waals surface area contributed by atoms with Gasteiger partial charge in [-0.05, 0) is 37.3 Å². The van der Waals surface area contributed by atoms with Gasteiger partial charge in [-0.2, -0.15) is 5.10 Å². The number of H-pyrrole nitrogens is 1. The summed E-state index contributed by atoms with van der Waals surface area (Å²) < 4.78 is 16.3. The molecule has 5 rings (SSSR count). The summed E-state index contributed by atoms with van der Waals surface area (Å²) in [4.78, 5) is 19.2. The Morgan fingerprint density at radius 1 is 1.25 bits per heavy atom. The molecule has 0 atom stereocenters. The minimum Gasteiger partial charge on any atom is -0.334 e. The van der Waals surface area contributed by atoms with E-state index in [1.165, 1.54) is 12.1 Å². The van der Waals surface area contributed by atoms with Crippen molar-refractivity contribution in [1.29, 1.82) is 0 Å². The Morgan fingerprint density at radius 2 is 2.14 bits per heavy atom. The lowest BCUT2D eigenvalue weighted by atomic mass is 10.0. The monoisotopic (exact) mass is 375 g/mol. The standard InChI is InChI=1S/C21H18FN5O/c1-13-17-12-26(7-5-18(17)25-24-13)21(28)15-8-14(9-16(22)10-15)19-11-23-20-4-2-3-6-27(19)20/h2-4,6,8-11H,5,7,12H2,1H3,(H,24,25). The first-order valence-electron chi connectivity index (χ1n) is 9.15. The fourth-order valence-electron chi connectivity index (χ4n) is 3.79. The molecule has 0 aliphatic carbocycles. The van der Waals surface area contributed by atoms with E-state index in [0.29, 0.717) is 30.6 Å². The summed E-state index contributed by atoms with van der Waals surface area (Å²) in [6.07, 6.45) is 4.26. The predicted octanol–water partition coefficient (Wildman–Crippen LogP) is 3.37. The number of amides is 1. The predicted molar refractivity (Wildman–Crippen MR) is 102 cm³/mol. The van der Waals surface area contributed by atoms with Gasteiger partial charge in [0.1, 0.15) is 11.5 Å². The molecular formula is C21H18FN5O. The molecule has 0 bridgehead atoms. The average molecular weight is 375 g/mol. The van der Waals surface area contributed by atoms with E-state index in [4.69, 9.17) is 0 Å². The number of pyridine rings is 1. The van der Waals surface area contributed by atoms with Gasteiger partial charge in [-0.15, -0.1) is 0 Å². The number of imidazole rings is 1. The summed E-state index contributed by atoms with van der Waals surface area (Å²) in [7, 11) is 0. The molecule has 0 saturated heterocycles. The van der Waals surface area contributed by atoms with Gasteiger partial charge < -0.3 is 4.90 Å². The summed E-state index contributed by atoms with van der Waals surface area (Å²) in [5, 5.41) is 7.26. The van der Waals surface area contributed by atoms with E-state index in [-0.39, 0.29) is 5.91 Å². The van der Waals surface area contributed by atoms with Crippen LogP contribution in [0, 0.1) is 12.7 Å². The SMILES string of the molecule is Cc1[nH]nc2c1CN(C(=O)c1cc(F)cc(-c3cnc4ccccn34)c1)CC2. The number of carbonyl (C=O) groups excluding carboxylic acids is 1. The van der Waals surface area contributed by atoms with Crippen molar-refractivity contribution < 1.29 is 9.18 Å². The van der Waals surface area contributed by atoms with Gasteiger partial charge in [0.2, 0.25) is 0 Å². The number of nitrogens with one attached hydrogen (secondary N) is 1. The number of aromatic amines is 1. The normalized spacial score (nSPS) is 13.7. The number of nitrogens with zero attached hydrogens (tertiary/aromatic N) is 4. The van der Waals surface area contributed by atoms with Gasteiger partial charge in [-0.1, -0.05) is 6.07 Å². The number of rotatable bonds is 2. The first kappa shape index (κ1) is 16.7. The third-order valence-electron chi connectivity index (χ3n) is 5.27. The maximum Gasteiger partial charge on any atom is 0.254 e.